The lowest BCUT2D eigenvalue weighted by Gasteiger charge is -2.45. The number of fused-ring (bicyclic) bond motifs is 1. The van der Waals surface area contributed by atoms with E-state index < -0.39 is 17.9 Å². The molecule has 116 valence electrons. The number of Topliss-reactive ketones (excluding diaryl/α,β-unsaturated/α-hetero) is 1. The van der Waals surface area contributed by atoms with Crippen LogP contribution in [-0.2, 0) is 19.1 Å². The average molecular weight is 303 g/mol. The van der Waals surface area contributed by atoms with Crippen molar-refractivity contribution in [3.8, 4) is 0 Å². The van der Waals surface area contributed by atoms with Crippen LogP contribution in [0.4, 0.5) is 0 Å². The van der Waals surface area contributed by atoms with Crippen LogP contribution in [0, 0.1) is 11.8 Å². The Balaban J connectivity index is 1.86. The van der Waals surface area contributed by atoms with E-state index >= 15 is 0 Å². The Morgan fingerprint density at radius 3 is 2.95 bits per heavy atom. The van der Waals surface area contributed by atoms with E-state index in [1.54, 1.807) is 0 Å². The summed E-state index contributed by atoms with van der Waals surface area (Å²) in [6, 6.07) is 0. The van der Waals surface area contributed by atoms with Gasteiger partial charge in [-0.05, 0) is 29.4 Å². The Labute approximate surface area is 127 Å². The first-order chi connectivity index (χ1) is 10.5. The van der Waals surface area contributed by atoms with Crippen molar-refractivity contribution in [3.05, 3.63) is 34.2 Å². The molecule has 3 rings (SSSR count). The van der Waals surface area contributed by atoms with Crippen molar-refractivity contribution in [2.45, 2.75) is 38.1 Å². The van der Waals surface area contributed by atoms with Gasteiger partial charge in [-0.1, -0.05) is 24.7 Å². The number of esters is 1. The first-order valence-electron chi connectivity index (χ1n) is 7.29. The Bertz CT molecular complexity index is 617. The molecule has 1 aliphatic carbocycles. The SMILES string of the molecule is C=C1CC2(CC(C)C3CC=C(CN=[N+]=[N-])C(=O)C3O2)OC1=O. The van der Waals surface area contributed by atoms with Gasteiger partial charge in [0.15, 0.2) is 5.78 Å². The van der Waals surface area contributed by atoms with E-state index in [0.717, 1.165) is 0 Å². The van der Waals surface area contributed by atoms with Crippen molar-refractivity contribution in [2.24, 2.45) is 17.0 Å². The minimum absolute atomic E-state index is 0.0236. The van der Waals surface area contributed by atoms with Crippen LogP contribution in [0.25, 0.3) is 10.4 Å². The molecule has 22 heavy (non-hydrogen) atoms. The zero-order valence-electron chi connectivity index (χ0n) is 12.3. The van der Waals surface area contributed by atoms with Crippen LogP contribution in [0.1, 0.15) is 26.2 Å². The molecular formula is C15H17N3O4. The van der Waals surface area contributed by atoms with Gasteiger partial charge in [-0.2, -0.15) is 0 Å². The van der Waals surface area contributed by atoms with Crippen molar-refractivity contribution < 1.29 is 19.1 Å². The maximum Gasteiger partial charge on any atom is 0.336 e. The third-order valence-corrected chi connectivity index (χ3v) is 4.66. The Kier molecular flexibility index (Phi) is 3.54. The summed E-state index contributed by atoms with van der Waals surface area (Å²) in [6.45, 7) is 5.74. The number of ether oxygens (including phenoxy) is 2. The summed E-state index contributed by atoms with van der Waals surface area (Å²) in [5, 5.41) is 3.45. The highest BCUT2D eigenvalue weighted by Crippen LogP contribution is 2.47. The molecule has 0 radical (unpaired) electrons. The van der Waals surface area contributed by atoms with E-state index in [-0.39, 0.29) is 24.2 Å². The molecule has 1 spiro atoms. The van der Waals surface area contributed by atoms with Gasteiger partial charge in [0, 0.05) is 23.3 Å². The summed E-state index contributed by atoms with van der Waals surface area (Å²) in [5.74, 6) is -1.47. The predicted octanol–water partition coefficient (Wildman–Crippen LogP) is 2.44. The largest absolute Gasteiger partial charge is 0.429 e. The monoisotopic (exact) mass is 303 g/mol. The number of nitrogens with zero attached hydrogens (tertiary/aromatic N) is 3. The third-order valence-electron chi connectivity index (χ3n) is 4.66. The topological polar surface area (TPSA) is 101 Å². The lowest BCUT2D eigenvalue weighted by atomic mass is 9.73. The number of azide groups is 1. The molecule has 4 atom stereocenters. The van der Waals surface area contributed by atoms with Crippen molar-refractivity contribution in [3.63, 3.8) is 0 Å². The molecule has 2 heterocycles. The summed E-state index contributed by atoms with van der Waals surface area (Å²) in [6.07, 6.45) is 2.72. The molecule has 0 aromatic carbocycles. The lowest BCUT2D eigenvalue weighted by Crippen LogP contribution is -2.53. The van der Waals surface area contributed by atoms with Crippen LogP contribution >= 0.6 is 0 Å². The van der Waals surface area contributed by atoms with Crippen LogP contribution < -0.4 is 0 Å². The molecule has 0 N–H and O–H groups in total. The zero-order chi connectivity index (χ0) is 15.9. The molecule has 0 aromatic heterocycles. The Morgan fingerprint density at radius 1 is 1.55 bits per heavy atom. The highest BCUT2D eigenvalue weighted by molar-refractivity contribution is 6.00. The molecule has 0 bridgehead atoms. The van der Waals surface area contributed by atoms with Gasteiger partial charge in [-0.25, -0.2) is 4.79 Å². The lowest BCUT2D eigenvalue weighted by molar-refractivity contribution is -0.268. The minimum atomic E-state index is -1.06. The van der Waals surface area contributed by atoms with E-state index in [0.29, 0.717) is 30.4 Å². The van der Waals surface area contributed by atoms with Crippen molar-refractivity contribution in [2.75, 3.05) is 6.54 Å². The number of carbonyl (C=O) groups excluding carboxylic acids is 2. The third kappa shape index (κ3) is 2.32. The van der Waals surface area contributed by atoms with Crippen LogP contribution in [0.5, 0.6) is 0 Å². The van der Waals surface area contributed by atoms with Crippen LogP contribution in [-0.4, -0.2) is 30.2 Å². The van der Waals surface area contributed by atoms with Gasteiger partial charge >= 0.3 is 5.97 Å². The summed E-state index contributed by atoms with van der Waals surface area (Å²) in [5.41, 5.74) is 9.24. The zero-order valence-corrected chi connectivity index (χ0v) is 12.3. The van der Waals surface area contributed by atoms with Crippen molar-refractivity contribution >= 4 is 11.8 Å². The quantitative estimate of drug-likeness (QED) is 0.257. The molecule has 0 amide bonds. The molecule has 2 saturated heterocycles. The van der Waals surface area contributed by atoms with Crippen LogP contribution in [0.2, 0.25) is 0 Å². The Hall–Kier alpha value is -2.11. The van der Waals surface area contributed by atoms with Crippen molar-refractivity contribution in [1.82, 2.24) is 0 Å². The molecule has 0 aromatic rings. The molecule has 7 nitrogen and oxygen atoms in total. The summed E-state index contributed by atoms with van der Waals surface area (Å²) < 4.78 is 11.3. The maximum atomic E-state index is 12.6. The van der Waals surface area contributed by atoms with Gasteiger partial charge < -0.3 is 9.47 Å². The number of ketones is 1. The fourth-order valence-electron chi connectivity index (χ4n) is 3.58. The second-order valence-corrected chi connectivity index (χ2v) is 6.18. The number of rotatable bonds is 2. The average Bonchev–Trinajstić information content (AvgIpc) is 2.73. The van der Waals surface area contributed by atoms with E-state index in [2.05, 4.69) is 16.6 Å². The fraction of sp³-hybridized carbons (Fsp3) is 0.600. The van der Waals surface area contributed by atoms with Crippen LogP contribution in [0.15, 0.2) is 28.9 Å². The van der Waals surface area contributed by atoms with Gasteiger partial charge in [-0.3, -0.25) is 4.79 Å². The van der Waals surface area contributed by atoms with E-state index in [1.807, 2.05) is 13.0 Å². The Morgan fingerprint density at radius 2 is 2.32 bits per heavy atom. The summed E-state index contributed by atoms with van der Waals surface area (Å²) >= 11 is 0. The van der Waals surface area contributed by atoms with Gasteiger partial charge in [0.25, 0.3) is 0 Å². The first-order valence-corrected chi connectivity index (χ1v) is 7.29. The highest BCUT2D eigenvalue weighted by atomic mass is 16.7. The molecular weight excluding hydrogens is 286 g/mol. The smallest absolute Gasteiger partial charge is 0.336 e. The van der Waals surface area contributed by atoms with E-state index in [9.17, 15) is 9.59 Å². The molecule has 3 aliphatic rings. The number of hydrogen-bond donors (Lipinski definition) is 0. The number of carbonyl (C=O) groups is 2. The number of hydrogen-bond acceptors (Lipinski definition) is 5. The maximum absolute atomic E-state index is 12.6. The molecule has 2 fully saturated rings. The van der Waals surface area contributed by atoms with E-state index in [4.69, 9.17) is 15.0 Å². The van der Waals surface area contributed by atoms with Gasteiger partial charge in [0.05, 0.1) is 6.54 Å². The minimum Gasteiger partial charge on any atom is -0.429 e. The summed E-state index contributed by atoms with van der Waals surface area (Å²) in [4.78, 5) is 26.9. The first kappa shape index (κ1) is 14.8. The van der Waals surface area contributed by atoms with Gasteiger partial charge in [0.2, 0.25) is 5.79 Å². The molecule has 7 heteroatoms. The number of allylic oxidation sites excluding steroid dienone is 1. The van der Waals surface area contributed by atoms with Crippen LogP contribution in [0.3, 0.4) is 0 Å². The van der Waals surface area contributed by atoms with E-state index in [1.165, 1.54) is 0 Å². The van der Waals surface area contributed by atoms with Crippen molar-refractivity contribution in [1.29, 1.82) is 0 Å². The highest BCUT2D eigenvalue weighted by Gasteiger charge is 2.54. The van der Waals surface area contributed by atoms with Gasteiger partial charge in [0.1, 0.15) is 6.10 Å². The molecule has 0 saturated carbocycles. The normalized spacial score (nSPS) is 37.4. The fourth-order valence-corrected chi connectivity index (χ4v) is 3.58. The predicted molar refractivity (Wildman–Crippen MR) is 76.4 cm³/mol. The second kappa shape index (κ2) is 5.26. The molecule has 2 aliphatic heterocycles. The van der Waals surface area contributed by atoms with Gasteiger partial charge in [-0.15, -0.1) is 0 Å². The molecule has 4 unspecified atom stereocenters. The standard InChI is InChI=1S/C15H17N3O4/c1-8-5-15(6-9(2)14(20)22-15)21-13-11(8)4-3-10(12(13)19)7-17-18-16/h3,8,11,13H,2,4-7H2,1H3. The summed E-state index contributed by atoms with van der Waals surface area (Å²) in [7, 11) is 0. The second-order valence-electron chi connectivity index (χ2n) is 6.18.